The highest BCUT2D eigenvalue weighted by Gasteiger charge is 2.31. The van der Waals surface area contributed by atoms with Crippen molar-refractivity contribution in [2.75, 3.05) is 10.7 Å². The van der Waals surface area contributed by atoms with Crippen molar-refractivity contribution in [1.29, 1.82) is 0 Å². The highest BCUT2D eigenvalue weighted by Crippen LogP contribution is 2.36. The van der Waals surface area contributed by atoms with Crippen LogP contribution in [-0.2, 0) is 30.6 Å². The molecule has 1 aliphatic carbocycles. The number of thioether (sulfide) groups is 1. The van der Waals surface area contributed by atoms with Crippen LogP contribution in [0.3, 0.4) is 0 Å². The molecule has 0 spiro atoms. The maximum Gasteiger partial charge on any atom is 0.263 e. The van der Waals surface area contributed by atoms with E-state index in [2.05, 4.69) is 13.0 Å². The third-order valence-corrected chi connectivity index (χ3v) is 9.17. The normalized spacial score (nSPS) is 16.9. The lowest BCUT2D eigenvalue weighted by atomic mass is 9.97. The summed E-state index contributed by atoms with van der Waals surface area (Å²) in [7, 11) is 0. The van der Waals surface area contributed by atoms with Crippen LogP contribution in [0.25, 0.3) is 10.2 Å². The van der Waals surface area contributed by atoms with Crippen molar-refractivity contribution in [2.24, 2.45) is 0 Å². The van der Waals surface area contributed by atoms with Crippen LogP contribution in [0, 0.1) is 0 Å². The number of anilines is 1. The van der Waals surface area contributed by atoms with E-state index in [1.54, 1.807) is 15.9 Å². The zero-order chi connectivity index (χ0) is 23.9. The third kappa shape index (κ3) is 4.10. The standard InChI is InChI=1S/C28H27N3O2S2/c1-18-15-20-11-5-7-13-22(20)31(18)24(32)17-34-28-29-26-25(21-12-6-8-14-23(21)35-26)27(33)30(28)16-19-9-3-2-4-10-19/h2-5,7,9-11,13,18H,6,8,12,14-17H2,1H3/t18-/m0/s1. The summed E-state index contributed by atoms with van der Waals surface area (Å²) in [4.78, 5) is 36.2. The van der Waals surface area contributed by atoms with Gasteiger partial charge >= 0.3 is 0 Å². The zero-order valence-electron chi connectivity index (χ0n) is 19.7. The van der Waals surface area contributed by atoms with Gasteiger partial charge in [0.05, 0.1) is 17.7 Å². The second-order valence-electron chi connectivity index (χ2n) is 9.40. The van der Waals surface area contributed by atoms with Gasteiger partial charge in [0, 0.05) is 16.6 Å². The summed E-state index contributed by atoms with van der Waals surface area (Å²) < 4.78 is 1.78. The third-order valence-electron chi connectivity index (χ3n) is 7.02. The molecule has 0 saturated heterocycles. The number of carbonyl (C=O) groups is 1. The summed E-state index contributed by atoms with van der Waals surface area (Å²) in [6.07, 6.45) is 5.15. The molecular formula is C28H27N3O2S2. The monoisotopic (exact) mass is 501 g/mol. The number of amides is 1. The fraction of sp³-hybridized carbons (Fsp3) is 0.321. The maximum atomic E-state index is 13.8. The molecule has 0 bridgehead atoms. The molecule has 2 aromatic carbocycles. The van der Waals surface area contributed by atoms with E-state index in [-0.39, 0.29) is 23.3 Å². The number of rotatable bonds is 5. The number of fused-ring (bicyclic) bond motifs is 4. The van der Waals surface area contributed by atoms with E-state index in [0.29, 0.717) is 11.7 Å². The SMILES string of the molecule is C[C@H]1Cc2ccccc2N1C(=O)CSc1nc2sc3c(c2c(=O)n1Cc1ccccc1)CCCC3. The molecule has 5 nitrogen and oxygen atoms in total. The van der Waals surface area contributed by atoms with E-state index in [0.717, 1.165) is 47.2 Å². The molecule has 178 valence electrons. The summed E-state index contributed by atoms with van der Waals surface area (Å²) in [5, 5.41) is 1.41. The lowest BCUT2D eigenvalue weighted by Gasteiger charge is -2.22. The van der Waals surface area contributed by atoms with Gasteiger partial charge in [-0.1, -0.05) is 60.3 Å². The summed E-state index contributed by atoms with van der Waals surface area (Å²) in [6, 6.07) is 18.3. The van der Waals surface area contributed by atoms with Gasteiger partial charge in [0.1, 0.15) is 4.83 Å². The van der Waals surface area contributed by atoms with E-state index in [1.165, 1.54) is 34.2 Å². The number of carbonyl (C=O) groups excluding carboxylic acids is 1. The average Bonchev–Trinajstić information content (AvgIpc) is 3.41. The van der Waals surface area contributed by atoms with Gasteiger partial charge in [-0.15, -0.1) is 11.3 Å². The van der Waals surface area contributed by atoms with Crippen LogP contribution in [0.1, 0.15) is 41.3 Å². The first kappa shape index (κ1) is 22.6. The Hall–Kier alpha value is -2.90. The van der Waals surface area contributed by atoms with Gasteiger partial charge in [-0.3, -0.25) is 14.2 Å². The second kappa shape index (κ2) is 9.28. The highest BCUT2D eigenvalue weighted by molar-refractivity contribution is 7.99. The molecule has 0 fully saturated rings. The molecule has 0 saturated carbocycles. The largest absolute Gasteiger partial charge is 0.308 e. The Bertz CT molecular complexity index is 1480. The molecule has 1 amide bonds. The number of thiophene rings is 1. The minimum atomic E-state index is 0.0214. The minimum absolute atomic E-state index is 0.0214. The minimum Gasteiger partial charge on any atom is -0.308 e. The number of aromatic nitrogens is 2. The molecular weight excluding hydrogens is 474 g/mol. The Kier molecular flexibility index (Phi) is 5.98. The first-order chi connectivity index (χ1) is 17.1. The van der Waals surface area contributed by atoms with Crippen molar-refractivity contribution in [3.05, 3.63) is 86.5 Å². The van der Waals surface area contributed by atoms with E-state index >= 15 is 0 Å². The fourth-order valence-electron chi connectivity index (χ4n) is 5.38. The van der Waals surface area contributed by atoms with Crippen LogP contribution in [0.2, 0.25) is 0 Å². The second-order valence-corrected chi connectivity index (χ2v) is 11.4. The predicted molar refractivity (Wildman–Crippen MR) is 144 cm³/mol. The van der Waals surface area contributed by atoms with Crippen LogP contribution >= 0.6 is 23.1 Å². The maximum absolute atomic E-state index is 13.8. The van der Waals surface area contributed by atoms with Crippen LogP contribution in [-0.4, -0.2) is 27.3 Å². The molecule has 7 heteroatoms. The molecule has 35 heavy (non-hydrogen) atoms. The van der Waals surface area contributed by atoms with E-state index < -0.39 is 0 Å². The fourth-order valence-corrected chi connectivity index (χ4v) is 7.54. The summed E-state index contributed by atoms with van der Waals surface area (Å²) in [6.45, 7) is 2.54. The Balaban J connectivity index is 1.36. The molecule has 2 aromatic heterocycles. The zero-order valence-corrected chi connectivity index (χ0v) is 21.3. The number of aryl methyl sites for hydroxylation is 2. The van der Waals surface area contributed by atoms with Crippen LogP contribution in [0.4, 0.5) is 5.69 Å². The number of nitrogens with zero attached hydrogens (tertiary/aromatic N) is 3. The van der Waals surface area contributed by atoms with Gasteiger partial charge in [0.25, 0.3) is 5.56 Å². The summed E-state index contributed by atoms with van der Waals surface area (Å²) in [5.74, 6) is 0.301. The van der Waals surface area contributed by atoms with Gasteiger partial charge in [0.15, 0.2) is 5.16 Å². The topological polar surface area (TPSA) is 55.2 Å². The Labute approximate surface area is 212 Å². The molecule has 4 aromatic rings. The van der Waals surface area contributed by atoms with E-state index in [9.17, 15) is 9.59 Å². The molecule has 6 rings (SSSR count). The van der Waals surface area contributed by atoms with Crippen molar-refractivity contribution >= 4 is 44.9 Å². The van der Waals surface area contributed by atoms with Crippen molar-refractivity contribution in [2.45, 2.75) is 56.8 Å². The summed E-state index contributed by atoms with van der Waals surface area (Å²) >= 11 is 3.04. The smallest absolute Gasteiger partial charge is 0.263 e. The average molecular weight is 502 g/mol. The Morgan fingerprint density at radius 3 is 2.71 bits per heavy atom. The first-order valence-corrected chi connectivity index (χ1v) is 14.0. The Morgan fingerprint density at radius 1 is 1.09 bits per heavy atom. The highest BCUT2D eigenvalue weighted by atomic mass is 32.2. The molecule has 2 aliphatic rings. The molecule has 0 N–H and O–H groups in total. The van der Waals surface area contributed by atoms with Crippen molar-refractivity contribution in [3.8, 4) is 0 Å². The van der Waals surface area contributed by atoms with Crippen LogP contribution in [0.15, 0.2) is 64.5 Å². The Morgan fingerprint density at radius 2 is 1.86 bits per heavy atom. The molecule has 1 aliphatic heterocycles. The van der Waals surface area contributed by atoms with Gasteiger partial charge in [-0.2, -0.15) is 0 Å². The number of para-hydroxylation sites is 1. The lowest BCUT2D eigenvalue weighted by molar-refractivity contribution is -0.116. The molecule has 3 heterocycles. The lowest BCUT2D eigenvalue weighted by Crippen LogP contribution is -2.37. The molecule has 0 radical (unpaired) electrons. The van der Waals surface area contributed by atoms with Gasteiger partial charge in [-0.25, -0.2) is 4.98 Å². The molecule has 1 atom stereocenters. The van der Waals surface area contributed by atoms with Crippen molar-refractivity contribution in [3.63, 3.8) is 0 Å². The summed E-state index contributed by atoms with van der Waals surface area (Å²) in [5.41, 5.74) is 4.48. The first-order valence-electron chi connectivity index (χ1n) is 12.2. The number of benzene rings is 2. The predicted octanol–water partition coefficient (Wildman–Crippen LogP) is 5.46. The van der Waals surface area contributed by atoms with Crippen molar-refractivity contribution in [1.82, 2.24) is 9.55 Å². The number of hydrogen-bond donors (Lipinski definition) is 0. The van der Waals surface area contributed by atoms with Crippen molar-refractivity contribution < 1.29 is 4.79 Å². The molecule has 0 unspecified atom stereocenters. The van der Waals surface area contributed by atoms with E-state index in [1.807, 2.05) is 53.4 Å². The quantitative estimate of drug-likeness (QED) is 0.269. The van der Waals surface area contributed by atoms with Crippen LogP contribution < -0.4 is 10.5 Å². The van der Waals surface area contributed by atoms with Gasteiger partial charge in [0.2, 0.25) is 5.91 Å². The van der Waals surface area contributed by atoms with Gasteiger partial charge < -0.3 is 4.90 Å². The van der Waals surface area contributed by atoms with E-state index in [4.69, 9.17) is 4.98 Å². The van der Waals surface area contributed by atoms with Gasteiger partial charge in [-0.05, 0) is 61.8 Å². The van der Waals surface area contributed by atoms with Crippen LogP contribution in [0.5, 0.6) is 0 Å². The number of hydrogen-bond acceptors (Lipinski definition) is 5.